The van der Waals surface area contributed by atoms with Crippen LogP contribution in [0.1, 0.15) is 23.0 Å². The molecule has 1 aromatic carbocycles. The number of aromatic nitrogens is 1. The number of ether oxygens (including phenoxy) is 1. The smallest absolute Gasteiger partial charge is 0.257 e. The Morgan fingerprint density at radius 1 is 1.26 bits per heavy atom. The molecule has 4 rings (SSSR count). The van der Waals surface area contributed by atoms with E-state index in [2.05, 4.69) is 4.98 Å². The number of benzene rings is 1. The first-order valence-electron chi connectivity index (χ1n) is 8.81. The second-order valence-electron chi connectivity index (χ2n) is 6.40. The number of pyridine rings is 1. The van der Waals surface area contributed by atoms with Crippen molar-refractivity contribution in [3.05, 3.63) is 52.6 Å². The fourth-order valence-corrected chi connectivity index (χ4v) is 3.45. The molecular formula is C20H18ClFN2O3. The van der Waals surface area contributed by atoms with Gasteiger partial charge in [-0.15, -0.1) is 0 Å². The first kappa shape index (κ1) is 17.9. The Morgan fingerprint density at radius 2 is 2.04 bits per heavy atom. The van der Waals surface area contributed by atoms with E-state index < -0.39 is 5.82 Å². The summed E-state index contributed by atoms with van der Waals surface area (Å²) in [5, 5.41) is 1.30. The Morgan fingerprint density at radius 3 is 2.78 bits per heavy atom. The molecule has 5 nitrogen and oxygen atoms in total. The van der Waals surface area contributed by atoms with Crippen molar-refractivity contribution < 1.29 is 18.3 Å². The minimum absolute atomic E-state index is 0.000407. The van der Waals surface area contributed by atoms with E-state index in [1.165, 1.54) is 6.07 Å². The van der Waals surface area contributed by atoms with Crippen LogP contribution in [0.2, 0.25) is 5.02 Å². The molecule has 7 heteroatoms. The number of carbonyl (C=O) groups is 1. The van der Waals surface area contributed by atoms with Gasteiger partial charge < -0.3 is 14.1 Å². The highest BCUT2D eigenvalue weighted by Crippen LogP contribution is 2.33. The largest absolute Gasteiger partial charge is 0.460 e. The van der Waals surface area contributed by atoms with Crippen LogP contribution in [0, 0.1) is 5.82 Å². The number of amides is 1. The van der Waals surface area contributed by atoms with Crippen LogP contribution in [0.3, 0.4) is 0 Å². The number of furan rings is 1. The number of carbonyl (C=O) groups excluding carboxylic acids is 1. The number of hydrogen-bond donors (Lipinski definition) is 0. The van der Waals surface area contributed by atoms with Gasteiger partial charge in [0, 0.05) is 30.5 Å². The summed E-state index contributed by atoms with van der Waals surface area (Å²) in [5.41, 5.74) is 1.80. The first-order chi connectivity index (χ1) is 13.1. The highest BCUT2D eigenvalue weighted by molar-refractivity contribution is 6.35. The average Bonchev–Trinajstić information content (AvgIpc) is 3.12. The van der Waals surface area contributed by atoms with Gasteiger partial charge in [0.1, 0.15) is 5.76 Å². The van der Waals surface area contributed by atoms with Crippen LogP contribution in [0.25, 0.3) is 22.2 Å². The van der Waals surface area contributed by atoms with Crippen molar-refractivity contribution in [1.29, 1.82) is 0 Å². The van der Waals surface area contributed by atoms with Crippen molar-refractivity contribution in [2.75, 3.05) is 26.3 Å². The van der Waals surface area contributed by atoms with Crippen molar-refractivity contribution in [3.8, 4) is 11.3 Å². The van der Waals surface area contributed by atoms with Crippen LogP contribution >= 0.6 is 11.6 Å². The van der Waals surface area contributed by atoms with Gasteiger partial charge in [-0.3, -0.25) is 9.78 Å². The summed E-state index contributed by atoms with van der Waals surface area (Å²) in [5.74, 6) is -0.165. The fraction of sp³-hybridized carbons (Fsp3) is 0.300. The molecule has 3 heterocycles. The molecule has 3 aromatic rings. The summed E-state index contributed by atoms with van der Waals surface area (Å²) in [7, 11) is 0. The lowest BCUT2D eigenvalue weighted by Crippen LogP contribution is -2.41. The summed E-state index contributed by atoms with van der Waals surface area (Å²) in [6, 6.07) is 7.00. The van der Waals surface area contributed by atoms with Crippen LogP contribution in [-0.4, -0.2) is 42.1 Å². The number of fused-ring (bicyclic) bond motifs is 1. The molecule has 0 atom stereocenters. The Kier molecular flexibility index (Phi) is 4.85. The molecule has 0 radical (unpaired) electrons. The van der Waals surface area contributed by atoms with Gasteiger partial charge in [0.2, 0.25) is 0 Å². The van der Waals surface area contributed by atoms with Gasteiger partial charge in [-0.2, -0.15) is 0 Å². The van der Waals surface area contributed by atoms with Gasteiger partial charge in [-0.25, -0.2) is 4.39 Å². The van der Waals surface area contributed by atoms with Gasteiger partial charge in [-0.1, -0.05) is 18.5 Å². The number of halogens is 2. The summed E-state index contributed by atoms with van der Waals surface area (Å²) in [6.07, 6.45) is 1.83. The topological polar surface area (TPSA) is 55.6 Å². The van der Waals surface area contributed by atoms with Crippen molar-refractivity contribution in [2.24, 2.45) is 0 Å². The van der Waals surface area contributed by atoms with Crippen LogP contribution in [0.5, 0.6) is 0 Å². The lowest BCUT2D eigenvalue weighted by molar-refractivity contribution is 0.0300. The number of aryl methyl sites for hydroxylation is 1. The highest BCUT2D eigenvalue weighted by atomic mass is 35.5. The quantitative estimate of drug-likeness (QED) is 0.670. The summed E-state index contributed by atoms with van der Waals surface area (Å²) < 4.78 is 25.3. The molecule has 1 amide bonds. The Balaban J connectivity index is 1.74. The lowest BCUT2D eigenvalue weighted by atomic mass is 10.1. The molecule has 0 bridgehead atoms. The van der Waals surface area contributed by atoms with Crippen LogP contribution in [0.4, 0.5) is 4.39 Å². The molecule has 2 aromatic heterocycles. The van der Waals surface area contributed by atoms with E-state index in [0.29, 0.717) is 48.2 Å². The van der Waals surface area contributed by atoms with E-state index in [-0.39, 0.29) is 11.5 Å². The SMILES string of the molecule is CCc1cc2cc(-c3cc(C(=O)N4CCOCC4)c(F)cn3)cc(Cl)c2o1. The van der Waals surface area contributed by atoms with Gasteiger partial charge in [-0.05, 0) is 24.3 Å². The van der Waals surface area contributed by atoms with E-state index in [1.807, 2.05) is 19.1 Å². The zero-order chi connectivity index (χ0) is 19.0. The van der Waals surface area contributed by atoms with E-state index in [1.54, 1.807) is 11.0 Å². The Hall–Kier alpha value is -2.44. The summed E-state index contributed by atoms with van der Waals surface area (Å²) >= 11 is 6.35. The highest BCUT2D eigenvalue weighted by Gasteiger charge is 2.22. The van der Waals surface area contributed by atoms with Crippen molar-refractivity contribution >= 4 is 28.5 Å². The number of rotatable bonds is 3. The Bertz CT molecular complexity index is 1010. The van der Waals surface area contributed by atoms with E-state index in [9.17, 15) is 9.18 Å². The normalized spacial score (nSPS) is 14.7. The molecule has 140 valence electrons. The zero-order valence-electron chi connectivity index (χ0n) is 14.8. The molecule has 0 aliphatic carbocycles. The van der Waals surface area contributed by atoms with Gasteiger partial charge >= 0.3 is 0 Å². The minimum atomic E-state index is -0.640. The van der Waals surface area contributed by atoms with Gasteiger partial charge in [0.05, 0.1) is 35.7 Å². The van der Waals surface area contributed by atoms with Crippen molar-refractivity contribution in [3.63, 3.8) is 0 Å². The molecule has 0 N–H and O–H groups in total. The average molecular weight is 389 g/mol. The lowest BCUT2D eigenvalue weighted by Gasteiger charge is -2.27. The third-order valence-corrected chi connectivity index (χ3v) is 4.93. The maximum absolute atomic E-state index is 14.3. The maximum atomic E-state index is 14.3. The fourth-order valence-electron chi connectivity index (χ4n) is 3.18. The maximum Gasteiger partial charge on any atom is 0.257 e. The van der Waals surface area contributed by atoms with Crippen LogP contribution in [0.15, 0.2) is 34.9 Å². The summed E-state index contributed by atoms with van der Waals surface area (Å²) in [6.45, 7) is 3.80. The summed E-state index contributed by atoms with van der Waals surface area (Å²) in [4.78, 5) is 18.4. The molecular weight excluding hydrogens is 371 g/mol. The standard InChI is InChI=1S/C20H18ClFN2O3/c1-2-14-8-13-7-12(9-16(21)19(13)27-14)18-10-15(17(22)11-23-18)20(25)24-3-5-26-6-4-24/h7-11H,2-6H2,1H3. The third-order valence-electron chi connectivity index (χ3n) is 4.65. The first-order valence-corrected chi connectivity index (χ1v) is 9.19. The second kappa shape index (κ2) is 7.29. The Labute approximate surface area is 160 Å². The molecule has 1 fully saturated rings. The number of hydrogen-bond acceptors (Lipinski definition) is 4. The molecule has 0 unspecified atom stereocenters. The molecule has 1 saturated heterocycles. The molecule has 1 aliphatic heterocycles. The minimum Gasteiger partial charge on any atom is -0.460 e. The predicted octanol–water partition coefficient (Wildman–Crippen LogP) is 4.32. The molecule has 0 spiro atoms. The monoisotopic (exact) mass is 388 g/mol. The predicted molar refractivity (Wildman–Crippen MR) is 101 cm³/mol. The van der Waals surface area contributed by atoms with Crippen molar-refractivity contribution in [2.45, 2.75) is 13.3 Å². The van der Waals surface area contributed by atoms with Crippen LogP contribution in [-0.2, 0) is 11.2 Å². The third kappa shape index (κ3) is 3.42. The van der Waals surface area contributed by atoms with Crippen LogP contribution < -0.4 is 0 Å². The second-order valence-corrected chi connectivity index (χ2v) is 6.80. The van der Waals surface area contributed by atoms with Gasteiger partial charge in [0.25, 0.3) is 5.91 Å². The van der Waals surface area contributed by atoms with E-state index in [4.69, 9.17) is 20.8 Å². The zero-order valence-corrected chi connectivity index (χ0v) is 15.6. The molecule has 0 saturated carbocycles. The number of morpholine rings is 1. The molecule has 27 heavy (non-hydrogen) atoms. The van der Waals surface area contributed by atoms with Gasteiger partial charge in [0.15, 0.2) is 11.4 Å². The molecule has 1 aliphatic rings. The van der Waals surface area contributed by atoms with E-state index >= 15 is 0 Å². The van der Waals surface area contributed by atoms with Crippen molar-refractivity contribution in [1.82, 2.24) is 9.88 Å². The van der Waals surface area contributed by atoms with E-state index in [0.717, 1.165) is 23.8 Å². The number of nitrogens with zero attached hydrogens (tertiary/aromatic N) is 2.